The van der Waals surface area contributed by atoms with Gasteiger partial charge in [0.05, 0.1) is 7.11 Å². The maximum Gasteiger partial charge on any atom is 0.191 e. The molecule has 0 aromatic heterocycles. The Balaban J connectivity index is 0.00000392. The van der Waals surface area contributed by atoms with Crippen LogP contribution in [0.3, 0.4) is 0 Å². The van der Waals surface area contributed by atoms with Crippen LogP contribution in [0.5, 0.6) is 5.75 Å². The van der Waals surface area contributed by atoms with Gasteiger partial charge in [0.2, 0.25) is 0 Å². The van der Waals surface area contributed by atoms with Crippen LogP contribution in [0.4, 0.5) is 4.39 Å². The molecular weight excluding hydrogens is 470 g/mol. The van der Waals surface area contributed by atoms with Crippen LogP contribution in [-0.4, -0.2) is 45.7 Å². The molecular formula is C21H30FIN4O. The molecule has 0 fully saturated rings. The van der Waals surface area contributed by atoms with E-state index in [9.17, 15) is 4.39 Å². The van der Waals surface area contributed by atoms with Crippen LogP contribution < -0.4 is 15.4 Å². The smallest absolute Gasteiger partial charge is 0.191 e. The van der Waals surface area contributed by atoms with Crippen LogP contribution in [0.2, 0.25) is 0 Å². The van der Waals surface area contributed by atoms with Crippen molar-refractivity contribution in [2.24, 2.45) is 4.99 Å². The first-order valence-electron chi connectivity index (χ1n) is 9.02. The zero-order valence-corrected chi connectivity index (χ0v) is 19.3. The Hall–Kier alpha value is -1.87. The number of hydrogen-bond acceptors (Lipinski definition) is 3. The Bertz CT molecular complexity index is 768. The first-order chi connectivity index (χ1) is 13.0. The van der Waals surface area contributed by atoms with Gasteiger partial charge in [0.25, 0.3) is 0 Å². The van der Waals surface area contributed by atoms with Crippen LogP contribution in [-0.2, 0) is 19.5 Å². The van der Waals surface area contributed by atoms with Crippen molar-refractivity contribution in [2.45, 2.75) is 19.5 Å². The number of para-hydroxylation sites is 1. The number of halogens is 2. The molecule has 2 aromatic rings. The van der Waals surface area contributed by atoms with E-state index in [2.05, 4.69) is 21.7 Å². The minimum atomic E-state index is -0.174. The summed E-state index contributed by atoms with van der Waals surface area (Å²) in [5.74, 6) is 1.43. The predicted molar refractivity (Wildman–Crippen MR) is 124 cm³/mol. The van der Waals surface area contributed by atoms with E-state index < -0.39 is 0 Å². The molecule has 0 heterocycles. The number of ether oxygens (including phenoxy) is 1. The average Bonchev–Trinajstić information content (AvgIpc) is 2.66. The fraction of sp³-hybridized carbons (Fsp3) is 0.381. The molecule has 0 spiro atoms. The largest absolute Gasteiger partial charge is 0.496 e. The molecule has 0 radical (unpaired) electrons. The van der Waals surface area contributed by atoms with Crippen molar-refractivity contribution in [2.75, 3.05) is 34.8 Å². The maximum absolute atomic E-state index is 13.9. The van der Waals surface area contributed by atoms with Gasteiger partial charge in [0, 0.05) is 32.2 Å². The van der Waals surface area contributed by atoms with Gasteiger partial charge in [-0.05, 0) is 49.8 Å². The Morgan fingerprint density at radius 2 is 1.86 bits per heavy atom. The minimum Gasteiger partial charge on any atom is -0.496 e. The summed E-state index contributed by atoms with van der Waals surface area (Å²) in [5, 5.41) is 6.57. The molecule has 0 aliphatic carbocycles. The fourth-order valence-electron chi connectivity index (χ4n) is 2.83. The predicted octanol–water partition coefficient (Wildman–Crippen LogP) is 3.42. The third-order valence-corrected chi connectivity index (χ3v) is 4.16. The van der Waals surface area contributed by atoms with Gasteiger partial charge in [0.1, 0.15) is 11.6 Å². The number of methoxy groups -OCH3 is 1. The Morgan fingerprint density at radius 1 is 1.11 bits per heavy atom. The van der Waals surface area contributed by atoms with Gasteiger partial charge in [-0.3, -0.25) is 4.99 Å². The lowest BCUT2D eigenvalue weighted by Gasteiger charge is -2.15. The molecule has 2 rings (SSSR count). The number of hydrogen-bond donors (Lipinski definition) is 2. The molecule has 2 aromatic carbocycles. The summed E-state index contributed by atoms with van der Waals surface area (Å²) < 4.78 is 19.3. The van der Waals surface area contributed by atoms with Gasteiger partial charge >= 0.3 is 0 Å². The zero-order valence-electron chi connectivity index (χ0n) is 17.0. The zero-order chi connectivity index (χ0) is 19.6. The first-order valence-corrected chi connectivity index (χ1v) is 9.02. The number of benzene rings is 2. The molecule has 7 heteroatoms. The van der Waals surface area contributed by atoms with Crippen molar-refractivity contribution < 1.29 is 9.13 Å². The van der Waals surface area contributed by atoms with Crippen molar-refractivity contribution in [1.29, 1.82) is 0 Å². The molecule has 0 bridgehead atoms. The topological polar surface area (TPSA) is 48.9 Å². The van der Waals surface area contributed by atoms with Gasteiger partial charge in [-0.25, -0.2) is 4.39 Å². The average molecular weight is 500 g/mol. The number of nitrogens with zero attached hydrogens (tertiary/aromatic N) is 2. The van der Waals surface area contributed by atoms with E-state index in [1.807, 2.05) is 43.3 Å². The Morgan fingerprint density at radius 3 is 2.54 bits per heavy atom. The van der Waals surface area contributed by atoms with Gasteiger partial charge in [-0.15, -0.1) is 24.0 Å². The van der Waals surface area contributed by atoms with E-state index in [4.69, 9.17) is 4.74 Å². The van der Waals surface area contributed by atoms with E-state index in [0.29, 0.717) is 24.6 Å². The van der Waals surface area contributed by atoms with E-state index in [1.165, 1.54) is 6.07 Å². The summed E-state index contributed by atoms with van der Waals surface area (Å²) in [6, 6.07) is 13.2. The van der Waals surface area contributed by atoms with E-state index in [1.54, 1.807) is 20.2 Å². The first kappa shape index (κ1) is 24.2. The molecule has 0 unspecified atom stereocenters. The number of aliphatic imine (C=N–C) groups is 1. The third kappa shape index (κ3) is 7.63. The molecule has 0 saturated carbocycles. The summed E-state index contributed by atoms with van der Waals surface area (Å²) in [6.45, 7) is 1.88. The van der Waals surface area contributed by atoms with Crippen molar-refractivity contribution >= 4 is 29.9 Å². The van der Waals surface area contributed by atoms with Crippen molar-refractivity contribution in [1.82, 2.24) is 15.5 Å². The molecule has 28 heavy (non-hydrogen) atoms. The summed E-state index contributed by atoms with van der Waals surface area (Å²) >= 11 is 0. The second-order valence-corrected chi connectivity index (χ2v) is 6.58. The molecule has 0 aliphatic heterocycles. The lowest BCUT2D eigenvalue weighted by molar-refractivity contribution is 0.392. The van der Waals surface area contributed by atoms with Crippen LogP contribution in [0.1, 0.15) is 16.7 Å². The van der Waals surface area contributed by atoms with Crippen LogP contribution in [0.15, 0.2) is 47.5 Å². The normalized spacial score (nSPS) is 11.1. The number of rotatable bonds is 8. The summed E-state index contributed by atoms with van der Waals surface area (Å²) in [6.07, 6.45) is 0.828. The standard InChI is InChI=1S/C21H29FN4O.HI/c1-23-21(24-12-11-17-7-5-6-8-20(17)27-4)25-14-16-9-10-19(22)18(13-16)15-26(2)3;/h5-10,13H,11-12,14-15H2,1-4H3,(H2,23,24,25);1H. The van der Waals surface area contributed by atoms with E-state index >= 15 is 0 Å². The monoisotopic (exact) mass is 500 g/mol. The van der Waals surface area contributed by atoms with Crippen molar-refractivity contribution in [3.05, 3.63) is 65.0 Å². The number of guanidine groups is 1. The fourth-order valence-corrected chi connectivity index (χ4v) is 2.83. The summed E-state index contributed by atoms with van der Waals surface area (Å²) in [4.78, 5) is 6.20. The summed E-state index contributed by atoms with van der Waals surface area (Å²) in [5.41, 5.74) is 2.86. The second kappa shape index (κ2) is 12.6. The van der Waals surface area contributed by atoms with E-state index in [-0.39, 0.29) is 29.8 Å². The van der Waals surface area contributed by atoms with Crippen LogP contribution in [0, 0.1) is 5.82 Å². The molecule has 0 amide bonds. The molecule has 0 saturated heterocycles. The Kier molecular flexibility index (Phi) is 10.8. The highest BCUT2D eigenvalue weighted by Gasteiger charge is 2.06. The maximum atomic E-state index is 13.9. The van der Waals surface area contributed by atoms with Gasteiger partial charge < -0.3 is 20.3 Å². The lowest BCUT2D eigenvalue weighted by Crippen LogP contribution is -2.37. The minimum absolute atomic E-state index is 0. The molecule has 154 valence electrons. The quantitative estimate of drug-likeness (QED) is 0.332. The molecule has 0 atom stereocenters. The van der Waals surface area contributed by atoms with Crippen LogP contribution >= 0.6 is 24.0 Å². The van der Waals surface area contributed by atoms with Gasteiger partial charge in [-0.1, -0.05) is 24.3 Å². The highest BCUT2D eigenvalue weighted by atomic mass is 127. The lowest BCUT2D eigenvalue weighted by atomic mass is 10.1. The van der Waals surface area contributed by atoms with Gasteiger partial charge in [-0.2, -0.15) is 0 Å². The van der Waals surface area contributed by atoms with E-state index in [0.717, 1.165) is 29.8 Å². The van der Waals surface area contributed by atoms with Gasteiger partial charge in [0.15, 0.2) is 5.96 Å². The van der Waals surface area contributed by atoms with Crippen molar-refractivity contribution in [3.8, 4) is 5.75 Å². The molecule has 2 N–H and O–H groups in total. The third-order valence-electron chi connectivity index (χ3n) is 4.16. The van der Waals surface area contributed by atoms with Crippen LogP contribution in [0.25, 0.3) is 0 Å². The van der Waals surface area contributed by atoms with Crippen molar-refractivity contribution in [3.63, 3.8) is 0 Å². The number of nitrogens with one attached hydrogen (secondary N) is 2. The molecule has 5 nitrogen and oxygen atoms in total. The highest BCUT2D eigenvalue weighted by Crippen LogP contribution is 2.17. The second-order valence-electron chi connectivity index (χ2n) is 6.58. The Labute approximate surface area is 184 Å². The SMILES string of the molecule is CN=C(NCCc1ccccc1OC)NCc1ccc(F)c(CN(C)C)c1.I. The molecule has 0 aliphatic rings. The highest BCUT2D eigenvalue weighted by molar-refractivity contribution is 14.0. The summed E-state index contributed by atoms with van der Waals surface area (Å²) in [7, 11) is 7.27.